The average molecular weight is 366 g/mol. The first-order valence-corrected chi connectivity index (χ1v) is 8.45. The Hall–Kier alpha value is -2.64. The van der Waals surface area contributed by atoms with Gasteiger partial charge < -0.3 is 19.6 Å². The quantitative estimate of drug-likeness (QED) is 0.822. The number of hydrogen-bond acceptors (Lipinski definition) is 4. The molecule has 142 valence electrons. The van der Waals surface area contributed by atoms with Gasteiger partial charge in [0.25, 0.3) is 5.91 Å². The Morgan fingerprint density at radius 2 is 2.00 bits per heavy atom. The number of carboxylic acids is 1. The molecule has 1 aromatic rings. The van der Waals surface area contributed by atoms with Gasteiger partial charge in [0.15, 0.2) is 6.10 Å². The van der Waals surface area contributed by atoms with Crippen molar-refractivity contribution in [2.24, 2.45) is 5.92 Å². The largest absolute Gasteiger partial charge is 0.481 e. The van der Waals surface area contributed by atoms with Crippen LogP contribution < -0.4 is 4.74 Å². The van der Waals surface area contributed by atoms with Gasteiger partial charge in [0.1, 0.15) is 11.6 Å². The third-order valence-corrected chi connectivity index (χ3v) is 4.40. The lowest BCUT2D eigenvalue weighted by Crippen LogP contribution is -2.47. The summed E-state index contributed by atoms with van der Waals surface area (Å²) in [5.41, 5.74) is 0. The summed E-state index contributed by atoms with van der Waals surface area (Å²) in [6.45, 7) is 2.15. The van der Waals surface area contributed by atoms with Crippen molar-refractivity contribution < 1.29 is 28.6 Å². The van der Waals surface area contributed by atoms with Crippen LogP contribution in [0.25, 0.3) is 0 Å². The van der Waals surface area contributed by atoms with Gasteiger partial charge in [-0.15, -0.1) is 0 Å². The van der Waals surface area contributed by atoms with Crippen molar-refractivity contribution in [3.8, 4) is 5.75 Å². The van der Waals surface area contributed by atoms with Crippen LogP contribution in [0, 0.1) is 11.7 Å². The molecule has 1 aliphatic rings. The molecule has 7 nitrogen and oxygen atoms in total. The Bertz CT molecular complexity index is 673. The van der Waals surface area contributed by atoms with Crippen molar-refractivity contribution in [1.82, 2.24) is 9.80 Å². The topological polar surface area (TPSA) is 87.2 Å². The summed E-state index contributed by atoms with van der Waals surface area (Å²) in [6.07, 6.45) is -0.0392. The number of likely N-dealkylation sites (N-methyl/N-ethyl adjacent to an activating group) is 1. The number of aliphatic carboxylic acids is 1. The number of benzene rings is 1. The molecule has 0 bridgehead atoms. The van der Waals surface area contributed by atoms with Gasteiger partial charge in [-0.05, 0) is 31.9 Å². The lowest BCUT2D eigenvalue weighted by molar-refractivity contribution is -0.147. The summed E-state index contributed by atoms with van der Waals surface area (Å²) in [5, 5.41) is 8.99. The Kier molecular flexibility index (Phi) is 6.54. The zero-order valence-electron chi connectivity index (χ0n) is 14.9. The fourth-order valence-electron chi connectivity index (χ4n) is 2.86. The predicted molar refractivity (Wildman–Crippen MR) is 91.1 cm³/mol. The first-order valence-electron chi connectivity index (χ1n) is 8.45. The van der Waals surface area contributed by atoms with Gasteiger partial charge in [-0.3, -0.25) is 14.4 Å². The smallest absolute Gasteiger partial charge is 0.306 e. The molecule has 1 heterocycles. The van der Waals surface area contributed by atoms with Crippen LogP contribution in [0.3, 0.4) is 0 Å². The summed E-state index contributed by atoms with van der Waals surface area (Å²) in [4.78, 5) is 38.4. The van der Waals surface area contributed by atoms with E-state index < -0.39 is 29.7 Å². The monoisotopic (exact) mass is 366 g/mol. The highest BCUT2D eigenvalue weighted by atomic mass is 19.1. The molecule has 26 heavy (non-hydrogen) atoms. The fraction of sp³-hybridized carbons (Fsp3) is 0.500. The zero-order valence-corrected chi connectivity index (χ0v) is 14.9. The Morgan fingerprint density at radius 1 is 1.35 bits per heavy atom. The summed E-state index contributed by atoms with van der Waals surface area (Å²) in [5.74, 6) is -2.12. The van der Waals surface area contributed by atoms with Crippen LogP contribution in [0.1, 0.15) is 19.8 Å². The molecule has 0 aliphatic carbocycles. The van der Waals surface area contributed by atoms with E-state index in [1.165, 1.54) is 37.1 Å². The Balaban J connectivity index is 1.84. The number of amides is 2. The van der Waals surface area contributed by atoms with E-state index in [0.29, 0.717) is 25.9 Å². The maximum absolute atomic E-state index is 13.2. The molecule has 2 rings (SSSR count). The number of nitrogens with zero attached hydrogens (tertiary/aromatic N) is 2. The van der Waals surface area contributed by atoms with E-state index in [0.717, 1.165) is 0 Å². The number of piperidine rings is 1. The molecule has 8 heteroatoms. The minimum Gasteiger partial charge on any atom is -0.481 e. The van der Waals surface area contributed by atoms with E-state index in [4.69, 9.17) is 9.84 Å². The highest BCUT2D eigenvalue weighted by Crippen LogP contribution is 2.18. The second kappa shape index (κ2) is 8.64. The van der Waals surface area contributed by atoms with Crippen molar-refractivity contribution in [3.05, 3.63) is 30.1 Å². The molecule has 2 amide bonds. The molecule has 1 N–H and O–H groups in total. The standard InChI is InChI=1S/C18H23FN2O5/c1-12(26-15-5-3-4-14(19)10-15)17(23)20(2)11-16(22)21-8-6-13(7-9-21)18(24)25/h3-5,10,12-13H,6-9,11H2,1-2H3,(H,24,25). The van der Waals surface area contributed by atoms with Crippen LogP contribution in [-0.2, 0) is 14.4 Å². The maximum Gasteiger partial charge on any atom is 0.306 e. The summed E-state index contributed by atoms with van der Waals surface area (Å²) in [6, 6.07) is 5.49. The molecular formula is C18H23FN2O5. The van der Waals surface area contributed by atoms with Crippen LogP contribution in [0.4, 0.5) is 4.39 Å². The second-order valence-corrected chi connectivity index (χ2v) is 6.41. The van der Waals surface area contributed by atoms with E-state index in [1.54, 1.807) is 11.0 Å². The number of carbonyl (C=O) groups is 3. The van der Waals surface area contributed by atoms with Crippen LogP contribution >= 0.6 is 0 Å². The van der Waals surface area contributed by atoms with Gasteiger partial charge in [-0.25, -0.2) is 4.39 Å². The second-order valence-electron chi connectivity index (χ2n) is 6.41. The number of ether oxygens (including phenoxy) is 1. The molecule has 0 radical (unpaired) electrons. The Labute approximate surface area is 151 Å². The number of carboxylic acid groups (broad SMARTS) is 1. The third-order valence-electron chi connectivity index (χ3n) is 4.40. The van der Waals surface area contributed by atoms with Crippen LogP contribution in [0.5, 0.6) is 5.75 Å². The van der Waals surface area contributed by atoms with Crippen molar-refractivity contribution in [1.29, 1.82) is 0 Å². The SMILES string of the molecule is CC(Oc1cccc(F)c1)C(=O)N(C)CC(=O)N1CCC(C(=O)O)CC1. The van der Waals surface area contributed by atoms with Gasteiger partial charge in [0.2, 0.25) is 5.91 Å². The third kappa shape index (κ3) is 5.18. The molecule has 1 atom stereocenters. The molecule has 1 fully saturated rings. The summed E-state index contributed by atoms with van der Waals surface area (Å²) in [7, 11) is 1.50. The van der Waals surface area contributed by atoms with Gasteiger partial charge in [-0.1, -0.05) is 6.07 Å². The summed E-state index contributed by atoms with van der Waals surface area (Å²) >= 11 is 0. The first kappa shape index (κ1) is 19.7. The molecule has 0 saturated carbocycles. The lowest BCUT2D eigenvalue weighted by atomic mass is 9.97. The van der Waals surface area contributed by atoms with E-state index in [9.17, 15) is 18.8 Å². The zero-order chi connectivity index (χ0) is 19.3. The molecule has 1 aromatic carbocycles. The summed E-state index contributed by atoms with van der Waals surface area (Å²) < 4.78 is 18.6. The molecule has 1 unspecified atom stereocenters. The van der Waals surface area contributed by atoms with Crippen LogP contribution in [-0.4, -0.2) is 65.5 Å². The number of carbonyl (C=O) groups excluding carboxylic acids is 2. The first-order chi connectivity index (χ1) is 12.3. The molecule has 0 spiro atoms. The number of likely N-dealkylation sites (tertiary alicyclic amines) is 1. The molecule has 1 saturated heterocycles. The maximum atomic E-state index is 13.2. The van der Waals surface area contributed by atoms with Crippen molar-refractivity contribution in [3.63, 3.8) is 0 Å². The van der Waals surface area contributed by atoms with E-state index in [2.05, 4.69) is 0 Å². The van der Waals surface area contributed by atoms with E-state index in [1.807, 2.05) is 0 Å². The van der Waals surface area contributed by atoms with Gasteiger partial charge >= 0.3 is 5.97 Å². The van der Waals surface area contributed by atoms with Crippen LogP contribution in [0.2, 0.25) is 0 Å². The number of hydrogen-bond donors (Lipinski definition) is 1. The highest BCUT2D eigenvalue weighted by molar-refractivity contribution is 5.87. The minimum absolute atomic E-state index is 0.118. The molecule has 1 aliphatic heterocycles. The van der Waals surface area contributed by atoms with Gasteiger partial charge in [0, 0.05) is 26.2 Å². The molecule has 0 aromatic heterocycles. The van der Waals surface area contributed by atoms with E-state index in [-0.39, 0.29) is 18.2 Å². The minimum atomic E-state index is -0.868. The lowest BCUT2D eigenvalue weighted by Gasteiger charge is -2.31. The molecular weight excluding hydrogens is 343 g/mol. The Morgan fingerprint density at radius 3 is 2.58 bits per heavy atom. The highest BCUT2D eigenvalue weighted by Gasteiger charge is 2.28. The van der Waals surface area contributed by atoms with Crippen molar-refractivity contribution >= 4 is 17.8 Å². The predicted octanol–water partition coefficient (Wildman–Crippen LogP) is 1.37. The van der Waals surface area contributed by atoms with Gasteiger partial charge in [-0.2, -0.15) is 0 Å². The van der Waals surface area contributed by atoms with Crippen molar-refractivity contribution in [2.75, 3.05) is 26.7 Å². The number of halogens is 1. The fourth-order valence-corrected chi connectivity index (χ4v) is 2.86. The number of rotatable bonds is 6. The van der Waals surface area contributed by atoms with Crippen molar-refractivity contribution in [2.45, 2.75) is 25.9 Å². The normalized spacial score (nSPS) is 16.0. The van der Waals surface area contributed by atoms with Gasteiger partial charge in [0.05, 0.1) is 12.5 Å². The average Bonchev–Trinajstić information content (AvgIpc) is 2.61. The van der Waals surface area contributed by atoms with Crippen LogP contribution in [0.15, 0.2) is 24.3 Å². The van der Waals surface area contributed by atoms with E-state index >= 15 is 0 Å².